The number of fused-ring (bicyclic) bond motifs is 1. The molecule has 0 radical (unpaired) electrons. The molecule has 0 saturated carbocycles. The van der Waals surface area contributed by atoms with Crippen molar-refractivity contribution in [2.45, 2.75) is 25.7 Å². The zero-order valence-electron chi connectivity index (χ0n) is 10.9. The van der Waals surface area contributed by atoms with Crippen LogP contribution in [0.4, 0.5) is 0 Å². The van der Waals surface area contributed by atoms with Crippen LogP contribution in [0.5, 0.6) is 5.75 Å². The number of thiophene rings is 1. The predicted octanol–water partition coefficient (Wildman–Crippen LogP) is 4.12. The summed E-state index contributed by atoms with van der Waals surface area (Å²) < 4.78 is 5.48. The summed E-state index contributed by atoms with van der Waals surface area (Å²) in [5.41, 5.74) is 4.71. The minimum Gasteiger partial charge on any atom is -0.496 e. The second kappa shape index (κ2) is 5.17. The summed E-state index contributed by atoms with van der Waals surface area (Å²) in [6.45, 7) is 0. The van der Waals surface area contributed by atoms with E-state index in [9.17, 15) is 4.79 Å². The van der Waals surface area contributed by atoms with Gasteiger partial charge in [0.1, 0.15) is 5.75 Å². The molecule has 0 fully saturated rings. The zero-order chi connectivity index (χ0) is 13.2. The molecule has 0 unspecified atom stereocenters. The number of methoxy groups -OCH3 is 1. The molecule has 0 aliphatic heterocycles. The first-order chi connectivity index (χ1) is 9.35. The van der Waals surface area contributed by atoms with Crippen LogP contribution in [-0.4, -0.2) is 13.4 Å². The van der Waals surface area contributed by atoms with Crippen molar-refractivity contribution in [2.75, 3.05) is 7.11 Å². The van der Waals surface area contributed by atoms with E-state index in [2.05, 4.69) is 6.07 Å². The van der Waals surface area contributed by atoms with Gasteiger partial charge in [-0.1, -0.05) is 0 Å². The van der Waals surface area contributed by atoms with E-state index >= 15 is 0 Å². The average molecular weight is 272 g/mol. The van der Waals surface area contributed by atoms with Gasteiger partial charge in [-0.25, -0.2) is 0 Å². The summed E-state index contributed by atoms with van der Waals surface area (Å²) >= 11 is 1.64. The van der Waals surface area contributed by atoms with E-state index in [1.165, 1.54) is 29.5 Å². The first-order valence-electron chi connectivity index (χ1n) is 6.57. The molecule has 3 heteroatoms. The predicted molar refractivity (Wildman–Crippen MR) is 78.3 cm³/mol. The molecule has 0 spiro atoms. The molecule has 0 N–H and O–H groups in total. The number of hydrogen-bond acceptors (Lipinski definition) is 3. The van der Waals surface area contributed by atoms with Crippen molar-refractivity contribution in [3.05, 3.63) is 40.3 Å². The molecule has 0 bridgehead atoms. The van der Waals surface area contributed by atoms with Crippen molar-refractivity contribution < 1.29 is 9.53 Å². The van der Waals surface area contributed by atoms with Gasteiger partial charge in [0.05, 0.1) is 7.11 Å². The number of ether oxygens (including phenoxy) is 1. The number of benzene rings is 1. The van der Waals surface area contributed by atoms with E-state index in [-0.39, 0.29) is 0 Å². The van der Waals surface area contributed by atoms with Gasteiger partial charge < -0.3 is 4.74 Å². The van der Waals surface area contributed by atoms with Gasteiger partial charge in [-0.2, -0.15) is 0 Å². The normalized spacial score (nSPS) is 13.9. The van der Waals surface area contributed by atoms with Crippen LogP contribution in [0.2, 0.25) is 0 Å². The smallest absolute Gasteiger partial charge is 0.151 e. The second-order valence-corrected chi connectivity index (χ2v) is 5.72. The Kier molecular flexibility index (Phi) is 3.38. The molecule has 0 atom stereocenters. The van der Waals surface area contributed by atoms with E-state index in [1.54, 1.807) is 18.4 Å². The van der Waals surface area contributed by atoms with Gasteiger partial charge in [0.2, 0.25) is 0 Å². The fourth-order valence-electron chi connectivity index (χ4n) is 2.87. The quantitative estimate of drug-likeness (QED) is 0.786. The van der Waals surface area contributed by atoms with Crippen LogP contribution >= 0.6 is 11.3 Å². The van der Waals surface area contributed by atoms with Crippen molar-refractivity contribution in [2.24, 2.45) is 0 Å². The average Bonchev–Trinajstić information content (AvgIpc) is 2.94. The number of aldehydes is 1. The summed E-state index contributed by atoms with van der Waals surface area (Å²) in [5, 5.41) is 1.98. The standard InChI is InChI=1S/C16H16O2S/c1-18-15-7-6-14(12-4-2-3-5-13(12)15)16-11(10-17)8-9-19-16/h6-10H,2-5H2,1H3. The van der Waals surface area contributed by atoms with Gasteiger partial charge in [-0.3, -0.25) is 4.79 Å². The van der Waals surface area contributed by atoms with Crippen molar-refractivity contribution in [3.8, 4) is 16.2 Å². The Morgan fingerprint density at radius 1 is 1.16 bits per heavy atom. The maximum absolute atomic E-state index is 11.1. The van der Waals surface area contributed by atoms with Crippen LogP contribution in [0.15, 0.2) is 23.6 Å². The Morgan fingerprint density at radius 2 is 1.95 bits per heavy atom. The third-order valence-electron chi connectivity index (χ3n) is 3.78. The highest BCUT2D eigenvalue weighted by Gasteiger charge is 2.20. The molecular weight excluding hydrogens is 256 g/mol. The van der Waals surface area contributed by atoms with Gasteiger partial charge in [-0.05, 0) is 66.0 Å². The third kappa shape index (κ3) is 2.08. The Labute approximate surface area is 117 Å². The van der Waals surface area contributed by atoms with Crippen molar-refractivity contribution in [1.82, 2.24) is 0 Å². The van der Waals surface area contributed by atoms with Crippen LogP contribution < -0.4 is 4.74 Å². The number of rotatable bonds is 3. The summed E-state index contributed by atoms with van der Waals surface area (Å²) in [5.74, 6) is 0.989. The van der Waals surface area contributed by atoms with Crippen molar-refractivity contribution >= 4 is 17.6 Å². The Hall–Kier alpha value is -1.61. The molecule has 1 heterocycles. The minimum absolute atomic E-state index is 0.794. The van der Waals surface area contributed by atoms with E-state index < -0.39 is 0 Å². The zero-order valence-corrected chi connectivity index (χ0v) is 11.8. The fourth-order valence-corrected chi connectivity index (χ4v) is 3.79. The highest BCUT2D eigenvalue weighted by Crippen LogP contribution is 2.39. The van der Waals surface area contributed by atoms with Crippen molar-refractivity contribution in [1.29, 1.82) is 0 Å². The maximum atomic E-state index is 11.1. The Bertz CT molecular complexity index is 613. The summed E-state index contributed by atoms with van der Waals surface area (Å²) in [6, 6.07) is 6.03. The lowest BCUT2D eigenvalue weighted by molar-refractivity contribution is 0.112. The first-order valence-corrected chi connectivity index (χ1v) is 7.45. The van der Waals surface area contributed by atoms with E-state index in [4.69, 9.17) is 4.74 Å². The molecule has 19 heavy (non-hydrogen) atoms. The lowest BCUT2D eigenvalue weighted by atomic mass is 9.86. The monoisotopic (exact) mass is 272 g/mol. The molecule has 3 rings (SSSR count). The summed E-state index contributed by atoms with van der Waals surface area (Å²) in [4.78, 5) is 12.2. The molecule has 1 aromatic heterocycles. The molecule has 2 nitrogen and oxygen atoms in total. The molecule has 0 amide bonds. The molecular formula is C16H16O2S. The van der Waals surface area contributed by atoms with Gasteiger partial charge in [0, 0.05) is 10.4 Å². The Morgan fingerprint density at radius 3 is 2.68 bits per heavy atom. The molecule has 1 aliphatic carbocycles. The highest BCUT2D eigenvalue weighted by molar-refractivity contribution is 7.14. The minimum atomic E-state index is 0.794. The van der Waals surface area contributed by atoms with Crippen LogP contribution in [0.25, 0.3) is 10.4 Å². The van der Waals surface area contributed by atoms with E-state index in [1.807, 2.05) is 17.5 Å². The van der Waals surface area contributed by atoms with E-state index in [0.29, 0.717) is 0 Å². The number of hydrogen-bond donors (Lipinski definition) is 0. The molecule has 98 valence electrons. The SMILES string of the molecule is COc1ccc(-c2sccc2C=O)c2c1CCCC2. The van der Waals surface area contributed by atoms with Crippen LogP contribution in [0.3, 0.4) is 0 Å². The Balaban J connectivity index is 2.20. The number of carbonyl (C=O) groups excluding carboxylic acids is 1. The second-order valence-electron chi connectivity index (χ2n) is 4.80. The van der Waals surface area contributed by atoms with Gasteiger partial charge in [0.15, 0.2) is 6.29 Å². The lowest BCUT2D eigenvalue weighted by Crippen LogP contribution is -2.06. The van der Waals surface area contributed by atoms with Crippen molar-refractivity contribution in [3.63, 3.8) is 0 Å². The maximum Gasteiger partial charge on any atom is 0.151 e. The van der Waals surface area contributed by atoms with Crippen LogP contribution in [0.1, 0.15) is 34.3 Å². The van der Waals surface area contributed by atoms with Crippen LogP contribution in [-0.2, 0) is 12.8 Å². The van der Waals surface area contributed by atoms with Gasteiger partial charge in [-0.15, -0.1) is 11.3 Å². The third-order valence-corrected chi connectivity index (χ3v) is 4.74. The molecule has 2 aromatic rings. The van der Waals surface area contributed by atoms with Crippen LogP contribution in [0, 0.1) is 0 Å². The molecule has 1 aliphatic rings. The summed E-state index contributed by atoms with van der Waals surface area (Å²) in [7, 11) is 1.73. The largest absolute Gasteiger partial charge is 0.496 e. The molecule has 0 saturated heterocycles. The highest BCUT2D eigenvalue weighted by atomic mass is 32.1. The lowest BCUT2D eigenvalue weighted by Gasteiger charge is -2.21. The van der Waals surface area contributed by atoms with Gasteiger partial charge >= 0.3 is 0 Å². The number of carbonyl (C=O) groups is 1. The summed E-state index contributed by atoms with van der Waals surface area (Å²) in [6.07, 6.45) is 5.55. The molecule has 1 aromatic carbocycles. The fraction of sp³-hybridized carbons (Fsp3) is 0.312. The first kappa shape index (κ1) is 12.4. The van der Waals surface area contributed by atoms with Gasteiger partial charge in [0.25, 0.3) is 0 Å². The van der Waals surface area contributed by atoms with E-state index in [0.717, 1.165) is 35.3 Å². The topological polar surface area (TPSA) is 26.3 Å².